The number of halogens is 1. The first-order valence-electron chi connectivity index (χ1n) is 4.71. The fourth-order valence-electron chi connectivity index (χ4n) is 1.19. The second kappa shape index (κ2) is 5.27. The molecule has 0 spiro atoms. The van der Waals surface area contributed by atoms with Crippen molar-refractivity contribution in [3.8, 4) is 0 Å². The average molecular weight is 252 g/mol. The van der Waals surface area contributed by atoms with E-state index in [9.17, 15) is 9.18 Å². The number of ketones is 1. The van der Waals surface area contributed by atoms with Crippen molar-refractivity contribution in [2.75, 3.05) is 5.75 Å². The normalized spacial score (nSPS) is 10.3. The summed E-state index contributed by atoms with van der Waals surface area (Å²) >= 11 is 2.87. The van der Waals surface area contributed by atoms with Crippen LogP contribution in [0.15, 0.2) is 46.7 Å². The molecule has 0 fully saturated rings. The van der Waals surface area contributed by atoms with E-state index in [1.807, 2.05) is 17.5 Å². The van der Waals surface area contributed by atoms with Crippen LogP contribution in [0, 0.1) is 5.82 Å². The molecule has 0 radical (unpaired) electrons. The fraction of sp³-hybridized carbons (Fsp3) is 0.0833. The van der Waals surface area contributed by atoms with Crippen molar-refractivity contribution in [3.05, 3.63) is 52.5 Å². The zero-order valence-corrected chi connectivity index (χ0v) is 9.98. The molecule has 1 aromatic heterocycles. The molecular formula is C12H9FOS2. The first-order chi connectivity index (χ1) is 7.75. The molecule has 0 atom stereocenters. The Kier molecular flexibility index (Phi) is 3.74. The van der Waals surface area contributed by atoms with Gasteiger partial charge in [0, 0.05) is 4.90 Å². The summed E-state index contributed by atoms with van der Waals surface area (Å²) in [6.45, 7) is 0. The zero-order chi connectivity index (χ0) is 11.4. The third kappa shape index (κ3) is 2.93. The SMILES string of the molecule is O=C(CSc1ccc(F)cc1)c1cccs1. The van der Waals surface area contributed by atoms with Crippen LogP contribution in [0.1, 0.15) is 9.67 Å². The van der Waals surface area contributed by atoms with Crippen LogP contribution in [-0.4, -0.2) is 11.5 Å². The first-order valence-corrected chi connectivity index (χ1v) is 6.57. The van der Waals surface area contributed by atoms with E-state index in [0.29, 0.717) is 5.75 Å². The molecule has 1 nitrogen and oxygen atoms in total. The van der Waals surface area contributed by atoms with E-state index in [4.69, 9.17) is 0 Å². The van der Waals surface area contributed by atoms with Crippen LogP contribution in [0.5, 0.6) is 0 Å². The Hall–Kier alpha value is -1.13. The van der Waals surface area contributed by atoms with Gasteiger partial charge < -0.3 is 0 Å². The van der Waals surface area contributed by atoms with E-state index in [1.165, 1.54) is 35.2 Å². The number of benzene rings is 1. The van der Waals surface area contributed by atoms with Crippen LogP contribution in [0.2, 0.25) is 0 Å². The van der Waals surface area contributed by atoms with Crippen LogP contribution < -0.4 is 0 Å². The third-order valence-corrected chi connectivity index (χ3v) is 3.90. The lowest BCUT2D eigenvalue weighted by Crippen LogP contribution is -1.98. The summed E-state index contributed by atoms with van der Waals surface area (Å²) in [7, 11) is 0. The molecule has 4 heteroatoms. The van der Waals surface area contributed by atoms with Crippen molar-refractivity contribution in [1.29, 1.82) is 0 Å². The standard InChI is InChI=1S/C12H9FOS2/c13-9-3-5-10(6-4-9)16-8-11(14)12-2-1-7-15-12/h1-7H,8H2. The average Bonchev–Trinajstić information content (AvgIpc) is 2.81. The zero-order valence-electron chi connectivity index (χ0n) is 8.35. The Morgan fingerprint density at radius 2 is 2.00 bits per heavy atom. The quantitative estimate of drug-likeness (QED) is 0.607. The summed E-state index contributed by atoms with van der Waals surface area (Å²) in [5.41, 5.74) is 0. The van der Waals surface area contributed by atoms with Crippen molar-refractivity contribution >= 4 is 28.9 Å². The van der Waals surface area contributed by atoms with Crippen molar-refractivity contribution < 1.29 is 9.18 Å². The molecule has 0 saturated heterocycles. The van der Waals surface area contributed by atoms with E-state index in [1.54, 1.807) is 12.1 Å². The van der Waals surface area contributed by atoms with Gasteiger partial charge in [-0.15, -0.1) is 23.1 Å². The van der Waals surface area contributed by atoms with Gasteiger partial charge in [-0.3, -0.25) is 4.79 Å². The van der Waals surface area contributed by atoms with E-state index < -0.39 is 0 Å². The number of carbonyl (C=O) groups excluding carboxylic acids is 1. The molecule has 0 aliphatic heterocycles. The van der Waals surface area contributed by atoms with E-state index in [-0.39, 0.29) is 11.6 Å². The van der Waals surface area contributed by atoms with Crippen LogP contribution >= 0.6 is 23.1 Å². The van der Waals surface area contributed by atoms with Gasteiger partial charge in [-0.2, -0.15) is 0 Å². The van der Waals surface area contributed by atoms with E-state index in [2.05, 4.69) is 0 Å². The second-order valence-electron chi connectivity index (χ2n) is 3.14. The number of Topliss-reactive ketones (excluding diaryl/α,β-unsaturated/α-hetero) is 1. The molecule has 0 aliphatic carbocycles. The van der Waals surface area contributed by atoms with Gasteiger partial charge in [0.15, 0.2) is 5.78 Å². The van der Waals surface area contributed by atoms with Gasteiger partial charge in [0.05, 0.1) is 10.6 Å². The fourth-order valence-corrected chi connectivity index (χ4v) is 2.73. The number of rotatable bonds is 4. The Morgan fingerprint density at radius 3 is 2.62 bits per heavy atom. The predicted octanol–water partition coefficient (Wildman–Crippen LogP) is 3.86. The molecule has 0 aliphatic rings. The molecule has 0 bridgehead atoms. The maximum absolute atomic E-state index is 12.6. The van der Waals surface area contributed by atoms with Gasteiger partial charge in [0.25, 0.3) is 0 Å². The Morgan fingerprint density at radius 1 is 1.25 bits per heavy atom. The number of hydrogen-bond acceptors (Lipinski definition) is 3. The van der Waals surface area contributed by atoms with Gasteiger partial charge >= 0.3 is 0 Å². The van der Waals surface area contributed by atoms with Gasteiger partial charge in [-0.1, -0.05) is 6.07 Å². The van der Waals surface area contributed by atoms with Crippen molar-refractivity contribution in [2.45, 2.75) is 4.90 Å². The van der Waals surface area contributed by atoms with Crippen LogP contribution in [0.25, 0.3) is 0 Å². The molecule has 1 heterocycles. The van der Waals surface area contributed by atoms with Crippen molar-refractivity contribution in [2.24, 2.45) is 0 Å². The van der Waals surface area contributed by atoms with Gasteiger partial charge in [-0.25, -0.2) is 4.39 Å². The highest BCUT2D eigenvalue weighted by Crippen LogP contribution is 2.20. The van der Waals surface area contributed by atoms with Gasteiger partial charge in [0.1, 0.15) is 5.82 Å². The summed E-state index contributed by atoms with van der Waals surface area (Å²) in [4.78, 5) is 13.3. The van der Waals surface area contributed by atoms with Crippen LogP contribution in [0.3, 0.4) is 0 Å². The topological polar surface area (TPSA) is 17.1 Å². The number of carbonyl (C=O) groups is 1. The largest absolute Gasteiger partial charge is 0.292 e. The molecule has 2 rings (SSSR count). The molecule has 82 valence electrons. The first kappa shape index (κ1) is 11.4. The highest BCUT2D eigenvalue weighted by Gasteiger charge is 2.07. The minimum atomic E-state index is -0.256. The van der Waals surface area contributed by atoms with E-state index >= 15 is 0 Å². The van der Waals surface area contributed by atoms with Crippen LogP contribution in [-0.2, 0) is 0 Å². The summed E-state index contributed by atoms with van der Waals surface area (Å²) in [5.74, 6) is 0.254. The maximum Gasteiger partial charge on any atom is 0.182 e. The highest BCUT2D eigenvalue weighted by molar-refractivity contribution is 8.00. The molecule has 1 aromatic carbocycles. The maximum atomic E-state index is 12.6. The summed E-state index contributed by atoms with van der Waals surface area (Å²) in [6, 6.07) is 9.85. The molecule has 0 amide bonds. The molecule has 16 heavy (non-hydrogen) atoms. The lowest BCUT2D eigenvalue weighted by Gasteiger charge is -1.99. The molecule has 2 aromatic rings. The Balaban J connectivity index is 1.93. The molecular weight excluding hydrogens is 243 g/mol. The third-order valence-electron chi connectivity index (χ3n) is 1.98. The monoisotopic (exact) mass is 252 g/mol. The molecule has 0 saturated carbocycles. The van der Waals surface area contributed by atoms with Gasteiger partial charge in [-0.05, 0) is 35.7 Å². The second-order valence-corrected chi connectivity index (χ2v) is 5.14. The minimum Gasteiger partial charge on any atom is -0.292 e. The van der Waals surface area contributed by atoms with Crippen LogP contribution in [0.4, 0.5) is 4.39 Å². The van der Waals surface area contributed by atoms with Gasteiger partial charge in [0.2, 0.25) is 0 Å². The summed E-state index contributed by atoms with van der Waals surface area (Å²) in [6.07, 6.45) is 0. The number of thiophene rings is 1. The molecule has 0 N–H and O–H groups in total. The highest BCUT2D eigenvalue weighted by atomic mass is 32.2. The summed E-state index contributed by atoms with van der Waals surface area (Å²) < 4.78 is 12.6. The predicted molar refractivity (Wildman–Crippen MR) is 65.8 cm³/mol. The van der Waals surface area contributed by atoms with Crippen molar-refractivity contribution in [3.63, 3.8) is 0 Å². The lowest BCUT2D eigenvalue weighted by molar-refractivity contribution is 0.102. The molecule has 0 unspecified atom stereocenters. The smallest absolute Gasteiger partial charge is 0.182 e. The lowest BCUT2D eigenvalue weighted by atomic mass is 10.3. The minimum absolute atomic E-state index is 0.115. The summed E-state index contributed by atoms with van der Waals surface area (Å²) in [5, 5.41) is 1.88. The van der Waals surface area contributed by atoms with Crippen molar-refractivity contribution in [1.82, 2.24) is 0 Å². The Bertz CT molecular complexity index is 462. The Labute approximate surface area is 101 Å². The number of thioether (sulfide) groups is 1. The number of hydrogen-bond donors (Lipinski definition) is 0. The van der Waals surface area contributed by atoms with E-state index in [0.717, 1.165) is 9.77 Å².